The smallest absolute Gasteiger partial charge is 0.132 e. The summed E-state index contributed by atoms with van der Waals surface area (Å²) in [5.41, 5.74) is 0. The summed E-state index contributed by atoms with van der Waals surface area (Å²) in [6.45, 7) is 2.15. The Morgan fingerprint density at radius 1 is 1.44 bits per heavy atom. The maximum atomic E-state index is 4.58. The molecule has 1 heterocycles. The summed E-state index contributed by atoms with van der Waals surface area (Å²) >= 11 is 5.44. The molecule has 0 spiro atoms. The lowest BCUT2D eigenvalue weighted by Gasteiger charge is -2.14. The number of hydrogen-bond acceptors (Lipinski definition) is 4. The predicted octanol–water partition coefficient (Wildman–Crippen LogP) is 3.89. The monoisotopic (exact) mass is 329 g/mol. The van der Waals surface area contributed by atoms with E-state index in [1.165, 1.54) is 19.3 Å². The first-order valence-electron chi connectivity index (χ1n) is 6.54. The zero-order valence-electron chi connectivity index (χ0n) is 10.9. The third kappa shape index (κ3) is 3.85. The maximum Gasteiger partial charge on any atom is 0.132 e. The van der Waals surface area contributed by atoms with E-state index in [0.29, 0.717) is 6.04 Å². The molecule has 0 radical (unpaired) electrons. The highest BCUT2D eigenvalue weighted by atomic mass is 79.9. The van der Waals surface area contributed by atoms with E-state index < -0.39 is 0 Å². The Morgan fingerprint density at radius 3 is 2.94 bits per heavy atom. The summed E-state index contributed by atoms with van der Waals surface area (Å²) in [6.07, 6.45) is 8.02. The molecule has 18 heavy (non-hydrogen) atoms. The second-order valence-corrected chi connectivity index (χ2v) is 6.70. The Kier molecular flexibility index (Phi) is 5.30. The zero-order valence-corrected chi connectivity index (χ0v) is 13.4. The van der Waals surface area contributed by atoms with E-state index in [9.17, 15) is 0 Å². The van der Waals surface area contributed by atoms with Crippen molar-refractivity contribution in [2.24, 2.45) is 0 Å². The van der Waals surface area contributed by atoms with Crippen molar-refractivity contribution < 1.29 is 0 Å². The summed E-state index contributed by atoms with van der Waals surface area (Å²) in [5.74, 6) is 1.89. The van der Waals surface area contributed by atoms with E-state index in [2.05, 4.69) is 44.4 Å². The van der Waals surface area contributed by atoms with Gasteiger partial charge >= 0.3 is 0 Å². The molecule has 2 rings (SSSR count). The first-order valence-corrected chi connectivity index (χ1v) is 8.62. The Morgan fingerprint density at radius 2 is 2.28 bits per heavy atom. The van der Waals surface area contributed by atoms with Gasteiger partial charge in [-0.05, 0) is 47.9 Å². The number of halogens is 1. The molecule has 100 valence electrons. The van der Waals surface area contributed by atoms with Gasteiger partial charge in [-0.3, -0.25) is 0 Å². The van der Waals surface area contributed by atoms with Crippen LogP contribution in [-0.4, -0.2) is 27.5 Å². The van der Waals surface area contributed by atoms with Crippen molar-refractivity contribution in [3.05, 3.63) is 16.5 Å². The van der Waals surface area contributed by atoms with E-state index in [0.717, 1.165) is 34.3 Å². The summed E-state index contributed by atoms with van der Waals surface area (Å²) in [4.78, 5) is 8.97. The van der Waals surface area contributed by atoms with Crippen LogP contribution in [0.4, 0.5) is 5.82 Å². The van der Waals surface area contributed by atoms with Crippen molar-refractivity contribution in [2.45, 2.75) is 50.3 Å². The number of nitrogens with one attached hydrogen (secondary N) is 1. The highest BCUT2D eigenvalue weighted by molar-refractivity contribution is 9.10. The fourth-order valence-electron chi connectivity index (χ4n) is 2.37. The molecule has 1 aliphatic carbocycles. The molecule has 2 atom stereocenters. The van der Waals surface area contributed by atoms with Gasteiger partial charge in [-0.1, -0.05) is 6.92 Å². The molecular formula is C13H20BrN3S. The molecule has 0 aromatic carbocycles. The molecule has 1 saturated carbocycles. The van der Waals surface area contributed by atoms with Gasteiger partial charge in [-0.2, -0.15) is 11.8 Å². The number of rotatable bonds is 5. The van der Waals surface area contributed by atoms with Crippen LogP contribution in [0.15, 0.2) is 10.7 Å². The molecule has 0 bridgehead atoms. The second-order valence-electron chi connectivity index (χ2n) is 4.75. The molecule has 2 unspecified atom stereocenters. The molecule has 1 aromatic heterocycles. The van der Waals surface area contributed by atoms with Crippen LogP contribution in [-0.2, 0) is 6.42 Å². The van der Waals surface area contributed by atoms with E-state index >= 15 is 0 Å². The molecule has 0 aliphatic heterocycles. The predicted molar refractivity (Wildman–Crippen MR) is 82.3 cm³/mol. The van der Waals surface area contributed by atoms with Crippen molar-refractivity contribution in [3.63, 3.8) is 0 Å². The number of anilines is 1. The van der Waals surface area contributed by atoms with E-state index in [1.54, 1.807) is 0 Å². The zero-order chi connectivity index (χ0) is 13.0. The fourth-order valence-corrected chi connectivity index (χ4v) is 3.59. The highest BCUT2D eigenvalue weighted by Gasteiger charge is 2.24. The molecule has 0 saturated heterocycles. The molecule has 1 aliphatic rings. The van der Waals surface area contributed by atoms with Gasteiger partial charge in [0.05, 0.1) is 0 Å². The third-order valence-electron chi connectivity index (χ3n) is 3.28. The van der Waals surface area contributed by atoms with Crippen molar-refractivity contribution >= 4 is 33.5 Å². The largest absolute Gasteiger partial charge is 0.367 e. The maximum absolute atomic E-state index is 4.58. The number of hydrogen-bond donors (Lipinski definition) is 1. The van der Waals surface area contributed by atoms with E-state index in [1.807, 2.05) is 17.8 Å². The SMILES string of the molecule is CCCc1nc(Br)cc(NC2CCC(SC)C2)n1. The van der Waals surface area contributed by atoms with Gasteiger partial charge in [0.2, 0.25) is 0 Å². The van der Waals surface area contributed by atoms with Crippen molar-refractivity contribution in [1.29, 1.82) is 0 Å². The lowest BCUT2D eigenvalue weighted by atomic mass is 10.2. The van der Waals surface area contributed by atoms with Gasteiger partial charge in [0.25, 0.3) is 0 Å². The Hall–Kier alpha value is -0.290. The van der Waals surface area contributed by atoms with E-state index in [-0.39, 0.29) is 0 Å². The quantitative estimate of drug-likeness (QED) is 0.831. The van der Waals surface area contributed by atoms with Crippen molar-refractivity contribution in [3.8, 4) is 0 Å². The van der Waals surface area contributed by atoms with Crippen LogP contribution in [0.1, 0.15) is 38.4 Å². The van der Waals surface area contributed by atoms with Crippen LogP contribution in [0.3, 0.4) is 0 Å². The topological polar surface area (TPSA) is 37.8 Å². The molecule has 0 amide bonds. The van der Waals surface area contributed by atoms with Gasteiger partial charge in [-0.15, -0.1) is 0 Å². The molecule has 1 N–H and O–H groups in total. The third-order valence-corrected chi connectivity index (χ3v) is 4.79. The van der Waals surface area contributed by atoms with Gasteiger partial charge in [0.15, 0.2) is 0 Å². The summed E-state index contributed by atoms with van der Waals surface area (Å²) in [6, 6.07) is 2.55. The lowest BCUT2D eigenvalue weighted by molar-refractivity contribution is 0.744. The first-order chi connectivity index (χ1) is 8.71. The fraction of sp³-hybridized carbons (Fsp3) is 0.692. The van der Waals surface area contributed by atoms with Crippen LogP contribution >= 0.6 is 27.7 Å². The highest BCUT2D eigenvalue weighted by Crippen LogP contribution is 2.30. The Bertz CT molecular complexity index is 400. The average molecular weight is 330 g/mol. The average Bonchev–Trinajstić information content (AvgIpc) is 2.76. The van der Waals surface area contributed by atoms with Crippen LogP contribution in [0.2, 0.25) is 0 Å². The normalized spacial score (nSPS) is 23.3. The lowest BCUT2D eigenvalue weighted by Crippen LogP contribution is -2.17. The van der Waals surface area contributed by atoms with Gasteiger partial charge in [0, 0.05) is 23.8 Å². The Labute approximate surface area is 122 Å². The standard InChI is InChI=1S/C13H20BrN3S/c1-3-4-12-16-11(14)8-13(17-12)15-9-5-6-10(7-9)18-2/h8-10H,3-7H2,1-2H3,(H,15,16,17). The Balaban J connectivity index is 2.00. The van der Waals surface area contributed by atoms with Crippen LogP contribution in [0, 0.1) is 0 Å². The minimum absolute atomic E-state index is 0.568. The summed E-state index contributed by atoms with van der Waals surface area (Å²) in [5, 5.41) is 4.36. The van der Waals surface area contributed by atoms with Crippen LogP contribution < -0.4 is 5.32 Å². The van der Waals surface area contributed by atoms with E-state index in [4.69, 9.17) is 0 Å². The molecule has 3 nitrogen and oxygen atoms in total. The molecule has 5 heteroatoms. The number of aromatic nitrogens is 2. The van der Waals surface area contributed by atoms with Crippen LogP contribution in [0.25, 0.3) is 0 Å². The van der Waals surface area contributed by atoms with Crippen LogP contribution in [0.5, 0.6) is 0 Å². The number of nitrogens with zero attached hydrogens (tertiary/aromatic N) is 2. The van der Waals surface area contributed by atoms with Crippen molar-refractivity contribution in [1.82, 2.24) is 9.97 Å². The molecule has 1 aromatic rings. The summed E-state index contributed by atoms with van der Waals surface area (Å²) in [7, 11) is 0. The minimum Gasteiger partial charge on any atom is -0.367 e. The number of thioether (sulfide) groups is 1. The second kappa shape index (κ2) is 6.75. The van der Waals surface area contributed by atoms with Gasteiger partial charge in [-0.25, -0.2) is 9.97 Å². The molecule has 1 fully saturated rings. The minimum atomic E-state index is 0.568. The summed E-state index contributed by atoms with van der Waals surface area (Å²) < 4.78 is 0.878. The first kappa shape index (κ1) is 14.1. The van der Waals surface area contributed by atoms with Crippen molar-refractivity contribution in [2.75, 3.05) is 11.6 Å². The van der Waals surface area contributed by atoms with Gasteiger partial charge < -0.3 is 5.32 Å². The van der Waals surface area contributed by atoms with Gasteiger partial charge in [0.1, 0.15) is 16.2 Å². The molecular weight excluding hydrogens is 310 g/mol. The number of aryl methyl sites for hydroxylation is 1.